The maximum atomic E-state index is 12.6. The van der Waals surface area contributed by atoms with Gasteiger partial charge < -0.3 is 15.4 Å². The molecule has 0 radical (unpaired) electrons. The first-order valence-corrected chi connectivity index (χ1v) is 8.44. The maximum Gasteiger partial charge on any atom is 0.274 e. The van der Waals surface area contributed by atoms with Crippen molar-refractivity contribution in [3.8, 4) is 5.75 Å². The van der Waals surface area contributed by atoms with E-state index in [2.05, 4.69) is 34.4 Å². The number of methoxy groups -OCH3 is 1. The molecule has 134 valence electrons. The number of carbonyl (C=O) groups is 1. The summed E-state index contributed by atoms with van der Waals surface area (Å²) in [7, 11) is 1.58. The van der Waals surface area contributed by atoms with Gasteiger partial charge in [-0.05, 0) is 49.9 Å². The Morgan fingerprint density at radius 3 is 2.64 bits per heavy atom. The van der Waals surface area contributed by atoms with Crippen LogP contribution in [0.15, 0.2) is 24.3 Å². The molecule has 6 nitrogen and oxygen atoms in total. The Balaban J connectivity index is 2.16. The average Bonchev–Trinajstić information content (AvgIpc) is 2.54. The molecule has 0 spiro atoms. The van der Waals surface area contributed by atoms with E-state index in [1.165, 1.54) is 0 Å². The highest BCUT2D eigenvalue weighted by Gasteiger charge is 2.13. The van der Waals surface area contributed by atoms with Gasteiger partial charge in [-0.2, -0.15) is 0 Å². The quantitative estimate of drug-likeness (QED) is 0.800. The van der Waals surface area contributed by atoms with Gasteiger partial charge in [0.1, 0.15) is 11.4 Å². The van der Waals surface area contributed by atoms with Crippen LogP contribution in [0, 0.1) is 19.8 Å². The molecule has 0 fully saturated rings. The summed E-state index contributed by atoms with van der Waals surface area (Å²) >= 11 is 0. The second-order valence-corrected chi connectivity index (χ2v) is 6.49. The first kappa shape index (κ1) is 18.7. The number of aromatic nitrogens is 2. The Labute approximate surface area is 149 Å². The van der Waals surface area contributed by atoms with E-state index in [1.807, 2.05) is 32.0 Å². The topological polar surface area (TPSA) is 76.1 Å². The number of rotatable bonds is 7. The minimum Gasteiger partial charge on any atom is -0.495 e. The number of nitrogens with one attached hydrogen (secondary N) is 2. The molecule has 0 aliphatic rings. The third-order valence-corrected chi connectivity index (χ3v) is 3.69. The summed E-state index contributed by atoms with van der Waals surface area (Å²) in [6, 6.07) is 7.30. The van der Waals surface area contributed by atoms with Gasteiger partial charge in [0.05, 0.1) is 12.8 Å². The summed E-state index contributed by atoms with van der Waals surface area (Å²) in [5, 5.41) is 6.05. The second kappa shape index (κ2) is 8.46. The van der Waals surface area contributed by atoms with Gasteiger partial charge in [-0.25, -0.2) is 9.97 Å². The molecule has 1 aromatic heterocycles. The lowest BCUT2D eigenvalue weighted by molar-refractivity contribution is 0.102. The van der Waals surface area contributed by atoms with Crippen LogP contribution in [0.3, 0.4) is 0 Å². The number of nitrogens with zero attached hydrogens (tertiary/aromatic N) is 2. The number of hydrogen-bond acceptors (Lipinski definition) is 5. The van der Waals surface area contributed by atoms with Gasteiger partial charge in [0.25, 0.3) is 5.91 Å². The summed E-state index contributed by atoms with van der Waals surface area (Å²) in [4.78, 5) is 21.3. The van der Waals surface area contributed by atoms with Crippen molar-refractivity contribution in [1.29, 1.82) is 0 Å². The van der Waals surface area contributed by atoms with Gasteiger partial charge in [0.2, 0.25) is 5.95 Å². The van der Waals surface area contributed by atoms with E-state index >= 15 is 0 Å². The number of anilines is 2. The predicted molar refractivity (Wildman–Crippen MR) is 100 cm³/mol. The van der Waals surface area contributed by atoms with E-state index in [9.17, 15) is 4.79 Å². The molecule has 1 aromatic carbocycles. The van der Waals surface area contributed by atoms with Gasteiger partial charge in [-0.3, -0.25) is 4.79 Å². The van der Waals surface area contributed by atoms with Crippen LogP contribution in [-0.2, 0) is 0 Å². The zero-order chi connectivity index (χ0) is 18.4. The Morgan fingerprint density at radius 1 is 1.20 bits per heavy atom. The number of carbonyl (C=O) groups excluding carboxylic acids is 1. The zero-order valence-electron chi connectivity index (χ0n) is 15.5. The first-order valence-electron chi connectivity index (χ1n) is 8.44. The van der Waals surface area contributed by atoms with Crippen LogP contribution in [0.4, 0.5) is 11.6 Å². The summed E-state index contributed by atoms with van der Waals surface area (Å²) in [6.07, 6.45) is 1.01. The van der Waals surface area contributed by atoms with E-state index in [-0.39, 0.29) is 5.91 Å². The fourth-order valence-corrected chi connectivity index (χ4v) is 2.34. The molecule has 2 aromatic rings. The highest BCUT2D eigenvalue weighted by atomic mass is 16.5. The van der Waals surface area contributed by atoms with Crippen LogP contribution >= 0.6 is 0 Å². The van der Waals surface area contributed by atoms with E-state index in [0.717, 1.165) is 24.2 Å². The molecule has 0 aliphatic carbocycles. The Hall–Kier alpha value is -2.63. The van der Waals surface area contributed by atoms with Crippen molar-refractivity contribution < 1.29 is 9.53 Å². The molecule has 25 heavy (non-hydrogen) atoms. The molecule has 1 heterocycles. The number of hydrogen-bond donors (Lipinski definition) is 2. The van der Waals surface area contributed by atoms with Crippen molar-refractivity contribution in [2.75, 3.05) is 24.3 Å². The molecule has 1 amide bonds. The average molecular weight is 342 g/mol. The van der Waals surface area contributed by atoms with E-state index < -0.39 is 0 Å². The standard InChI is InChI=1S/C19H26N4O2/c1-12(2)8-9-20-19-21-14(4)11-16(23-19)18(24)22-15-10-13(3)6-7-17(15)25-5/h6-7,10-12H,8-9H2,1-5H3,(H,22,24)(H,20,21,23). The monoisotopic (exact) mass is 342 g/mol. The molecule has 0 unspecified atom stereocenters. The van der Waals surface area contributed by atoms with Crippen LogP contribution in [0.1, 0.15) is 42.0 Å². The van der Waals surface area contributed by atoms with Gasteiger partial charge in [0, 0.05) is 12.2 Å². The third kappa shape index (κ3) is 5.45. The minimum atomic E-state index is -0.290. The largest absolute Gasteiger partial charge is 0.495 e. The molecule has 0 aliphatic heterocycles. The fourth-order valence-electron chi connectivity index (χ4n) is 2.34. The molecule has 6 heteroatoms. The van der Waals surface area contributed by atoms with Crippen LogP contribution < -0.4 is 15.4 Å². The highest BCUT2D eigenvalue weighted by Crippen LogP contribution is 2.25. The summed E-state index contributed by atoms with van der Waals surface area (Å²) in [6.45, 7) is 8.90. The van der Waals surface area contributed by atoms with Crippen molar-refractivity contribution in [2.24, 2.45) is 5.92 Å². The molecule has 0 atom stereocenters. The molecule has 0 saturated heterocycles. The first-order chi connectivity index (χ1) is 11.9. The highest BCUT2D eigenvalue weighted by molar-refractivity contribution is 6.04. The molecule has 2 N–H and O–H groups in total. The second-order valence-electron chi connectivity index (χ2n) is 6.49. The number of benzene rings is 1. The summed E-state index contributed by atoms with van der Waals surface area (Å²) < 4.78 is 5.30. The van der Waals surface area contributed by atoms with Gasteiger partial charge in [-0.15, -0.1) is 0 Å². The van der Waals surface area contributed by atoms with Crippen molar-refractivity contribution in [3.63, 3.8) is 0 Å². The normalized spacial score (nSPS) is 10.6. The van der Waals surface area contributed by atoms with Gasteiger partial charge in [0.15, 0.2) is 0 Å². The summed E-state index contributed by atoms with van der Waals surface area (Å²) in [5.74, 6) is 1.39. The molecule has 0 saturated carbocycles. The number of ether oxygens (including phenoxy) is 1. The van der Waals surface area contributed by atoms with E-state index in [4.69, 9.17) is 4.74 Å². The Bertz CT molecular complexity index is 744. The number of amides is 1. The smallest absolute Gasteiger partial charge is 0.274 e. The van der Waals surface area contributed by atoms with E-state index in [0.29, 0.717) is 29.0 Å². The molecule has 2 rings (SSSR count). The minimum absolute atomic E-state index is 0.290. The summed E-state index contributed by atoms with van der Waals surface area (Å²) in [5.41, 5.74) is 2.72. The molecular formula is C19H26N4O2. The van der Waals surface area contributed by atoms with Gasteiger partial charge >= 0.3 is 0 Å². The fraction of sp³-hybridized carbons (Fsp3) is 0.421. The maximum absolute atomic E-state index is 12.6. The van der Waals surface area contributed by atoms with Crippen molar-refractivity contribution in [2.45, 2.75) is 34.1 Å². The van der Waals surface area contributed by atoms with E-state index in [1.54, 1.807) is 13.2 Å². The van der Waals surface area contributed by atoms with Crippen LogP contribution in [-0.4, -0.2) is 29.5 Å². The lowest BCUT2D eigenvalue weighted by atomic mass is 10.1. The number of aryl methyl sites for hydroxylation is 2. The van der Waals surface area contributed by atoms with Crippen molar-refractivity contribution in [1.82, 2.24) is 9.97 Å². The van der Waals surface area contributed by atoms with Crippen molar-refractivity contribution in [3.05, 3.63) is 41.2 Å². The van der Waals surface area contributed by atoms with Crippen LogP contribution in [0.25, 0.3) is 0 Å². The van der Waals surface area contributed by atoms with Crippen molar-refractivity contribution >= 4 is 17.5 Å². The Morgan fingerprint density at radius 2 is 1.96 bits per heavy atom. The van der Waals surface area contributed by atoms with Crippen LogP contribution in [0.2, 0.25) is 0 Å². The SMILES string of the molecule is COc1ccc(C)cc1NC(=O)c1cc(C)nc(NCCC(C)C)n1. The molecular weight excluding hydrogens is 316 g/mol. The lowest BCUT2D eigenvalue weighted by Crippen LogP contribution is -2.17. The lowest BCUT2D eigenvalue weighted by Gasteiger charge is -2.12. The van der Waals surface area contributed by atoms with Gasteiger partial charge in [-0.1, -0.05) is 19.9 Å². The molecule has 0 bridgehead atoms. The van der Waals surface area contributed by atoms with Crippen LogP contribution in [0.5, 0.6) is 5.75 Å². The Kier molecular flexibility index (Phi) is 6.33. The predicted octanol–water partition coefficient (Wildman–Crippen LogP) is 3.81. The zero-order valence-corrected chi connectivity index (χ0v) is 15.5. The third-order valence-electron chi connectivity index (χ3n) is 3.69.